The molecule has 21 heavy (non-hydrogen) atoms. The first-order chi connectivity index (χ1) is 9.76. The van der Waals surface area contributed by atoms with Gasteiger partial charge in [-0.05, 0) is 25.5 Å². The summed E-state index contributed by atoms with van der Waals surface area (Å²) in [6.07, 6.45) is 0.338. The number of carbonyl (C=O) groups excluding carboxylic acids is 1. The van der Waals surface area contributed by atoms with Crippen molar-refractivity contribution >= 4 is 61.6 Å². The van der Waals surface area contributed by atoms with Crippen molar-refractivity contribution in [3.63, 3.8) is 0 Å². The maximum Gasteiger partial charge on any atom is 0.273 e. The second-order valence-electron chi connectivity index (χ2n) is 5.20. The van der Waals surface area contributed by atoms with Crippen molar-refractivity contribution in [2.75, 3.05) is 0 Å². The maximum atomic E-state index is 12.0. The van der Waals surface area contributed by atoms with E-state index in [9.17, 15) is 9.90 Å². The number of fused-ring (bicyclic) bond motifs is 1. The summed E-state index contributed by atoms with van der Waals surface area (Å²) in [7, 11) is 0. The lowest BCUT2D eigenvalue weighted by Gasteiger charge is -2.04. The zero-order valence-corrected chi connectivity index (χ0v) is 13.9. The topological polar surface area (TPSA) is 77.8 Å². The Morgan fingerprint density at radius 3 is 2.76 bits per heavy atom. The summed E-state index contributed by atoms with van der Waals surface area (Å²) in [5.41, 5.74) is -0.0340. The second-order valence-corrected chi connectivity index (χ2v) is 7.54. The standard InChI is InChI=1S/C13H10BrCl2N3O2/c1-12(5-13(12,15)16)11(21)19-18-9-8-6(14)3-2-4-7(8)17-10(9)20/h2-4,17,20H,5H2,1H3/t12-/m0/s1. The van der Waals surface area contributed by atoms with Crippen LogP contribution in [0.1, 0.15) is 13.3 Å². The lowest BCUT2D eigenvalue weighted by atomic mass is 10.1. The van der Waals surface area contributed by atoms with Crippen LogP contribution in [0.25, 0.3) is 10.9 Å². The monoisotopic (exact) mass is 389 g/mol. The van der Waals surface area contributed by atoms with Crippen LogP contribution in [0.15, 0.2) is 32.9 Å². The van der Waals surface area contributed by atoms with Gasteiger partial charge in [-0.3, -0.25) is 4.79 Å². The first-order valence-electron chi connectivity index (χ1n) is 6.09. The number of aromatic amines is 1. The summed E-state index contributed by atoms with van der Waals surface area (Å²) in [5.74, 6) is -0.661. The summed E-state index contributed by atoms with van der Waals surface area (Å²) in [4.78, 5) is 14.8. The quantitative estimate of drug-likeness (QED) is 0.568. The Balaban J connectivity index is 1.98. The van der Waals surface area contributed by atoms with Crippen molar-refractivity contribution in [1.29, 1.82) is 0 Å². The summed E-state index contributed by atoms with van der Waals surface area (Å²) in [6, 6.07) is 5.40. The number of rotatable bonds is 2. The van der Waals surface area contributed by atoms with Gasteiger partial charge in [0.15, 0.2) is 5.69 Å². The summed E-state index contributed by atoms with van der Waals surface area (Å²) in [5, 5.41) is 18.1. The van der Waals surface area contributed by atoms with Crippen LogP contribution in [-0.2, 0) is 4.79 Å². The van der Waals surface area contributed by atoms with Gasteiger partial charge in [-0.2, -0.15) is 0 Å². The van der Waals surface area contributed by atoms with Crippen molar-refractivity contribution in [3.8, 4) is 5.88 Å². The molecule has 0 bridgehead atoms. The number of hydrogen-bond acceptors (Lipinski definition) is 3. The highest BCUT2D eigenvalue weighted by Crippen LogP contribution is 2.64. The fraction of sp³-hybridized carbons (Fsp3) is 0.308. The number of amides is 1. The molecule has 3 rings (SSSR count). The van der Waals surface area contributed by atoms with E-state index in [-0.39, 0.29) is 11.6 Å². The SMILES string of the molecule is C[C@@]1(C(=O)N=Nc2c(O)[nH]c3cccc(Br)c23)CC1(Cl)Cl. The first kappa shape index (κ1) is 14.8. The average molecular weight is 391 g/mol. The van der Waals surface area contributed by atoms with Gasteiger partial charge in [-0.25, -0.2) is 0 Å². The molecule has 1 atom stereocenters. The molecule has 1 amide bonds. The molecule has 1 aliphatic rings. The molecule has 1 aliphatic carbocycles. The van der Waals surface area contributed by atoms with Crippen molar-refractivity contribution in [2.24, 2.45) is 15.6 Å². The van der Waals surface area contributed by atoms with Crippen LogP contribution < -0.4 is 0 Å². The van der Waals surface area contributed by atoms with Crippen molar-refractivity contribution in [2.45, 2.75) is 17.7 Å². The van der Waals surface area contributed by atoms with E-state index < -0.39 is 15.7 Å². The molecule has 0 radical (unpaired) electrons. The fourth-order valence-corrected chi connectivity index (χ4v) is 3.36. The molecule has 1 aromatic carbocycles. The van der Waals surface area contributed by atoms with E-state index >= 15 is 0 Å². The highest BCUT2D eigenvalue weighted by atomic mass is 79.9. The lowest BCUT2D eigenvalue weighted by molar-refractivity contribution is -0.122. The number of halogens is 3. The van der Waals surface area contributed by atoms with Gasteiger partial charge in [0.25, 0.3) is 5.91 Å². The molecule has 1 fully saturated rings. The minimum atomic E-state index is -1.09. The molecule has 5 nitrogen and oxygen atoms in total. The number of nitrogens with one attached hydrogen (secondary N) is 1. The molecule has 0 unspecified atom stereocenters. The number of alkyl halides is 2. The molecular weight excluding hydrogens is 381 g/mol. The molecule has 0 saturated heterocycles. The van der Waals surface area contributed by atoms with E-state index in [1.54, 1.807) is 19.1 Å². The Morgan fingerprint density at radius 1 is 1.48 bits per heavy atom. The van der Waals surface area contributed by atoms with E-state index in [0.29, 0.717) is 17.3 Å². The van der Waals surface area contributed by atoms with Gasteiger partial charge in [0.2, 0.25) is 5.88 Å². The summed E-state index contributed by atoms with van der Waals surface area (Å²) < 4.78 is -0.356. The van der Waals surface area contributed by atoms with Crippen molar-refractivity contribution in [3.05, 3.63) is 22.7 Å². The molecule has 0 aliphatic heterocycles. The normalized spacial score (nSPS) is 23.8. The summed E-state index contributed by atoms with van der Waals surface area (Å²) in [6.45, 7) is 1.64. The van der Waals surface area contributed by atoms with E-state index in [4.69, 9.17) is 23.2 Å². The molecule has 2 N–H and O–H groups in total. The number of hydrogen-bond donors (Lipinski definition) is 2. The number of H-pyrrole nitrogens is 1. The third kappa shape index (κ3) is 2.25. The Morgan fingerprint density at radius 2 is 2.14 bits per heavy atom. The maximum absolute atomic E-state index is 12.0. The second kappa shape index (κ2) is 4.69. The highest BCUT2D eigenvalue weighted by molar-refractivity contribution is 9.10. The number of azo groups is 1. The third-order valence-electron chi connectivity index (χ3n) is 3.70. The molecule has 1 saturated carbocycles. The van der Waals surface area contributed by atoms with Crippen LogP contribution in [0, 0.1) is 5.41 Å². The van der Waals surface area contributed by atoms with Gasteiger partial charge in [0.1, 0.15) is 4.33 Å². The smallest absolute Gasteiger partial charge is 0.273 e. The Labute approximate surface area is 138 Å². The van der Waals surface area contributed by atoms with Gasteiger partial charge in [0.05, 0.1) is 10.9 Å². The van der Waals surface area contributed by atoms with E-state index in [2.05, 4.69) is 31.1 Å². The van der Waals surface area contributed by atoms with Gasteiger partial charge in [-0.15, -0.1) is 33.4 Å². The van der Waals surface area contributed by atoms with Crippen LogP contribution >= 0.6 is 39.1 Å². The molecule has 8 heteroatoms. The fourth-order valence-electron chi connectivity index (χ4n) is 2.11. The van der Waals surface area contributed by atoms with E-state index in [1.165, 1.54) is 0 Å². The zero-order chi connectivity index (χ0) is 15.4. The number of aromatic nitrogens is 1. The predicted molar refractivity (Wildman–Crippen MR) is 84.3 cm³/mol. The first-order valence-corrected chi connectivity index (χ1v) is 7.64. The molecule has 2 aromatic rings. The zero-order valence-electron chi connectivity index (χ0n) is 10.8. The van der Waals surface area contributed by atoms with Gasteiger partial charge < -0.3 is 10.1 Å². The highest BCUT2D eigenvalue weighted by Gasteiger charge is 2.68. The number of carbonyl (C=O) groups is 1. The average Bonchev–Trinajstić information content (AvgIpc) is 2.76. The van der Waals surface area contributed by atoms with Crippen LogP contribution in [0.4, 0.5) is 5.69 Å². The molecular formula is C13H10BrCl2N3O2. The van der Waals surface area contributed by atoms with Gasteiger partial charge in [-0.1, -0.05) is 22.0 Å². The Kier molecular flexibility index (Phi) is 3.31. The molecule has 0 spiro atoms. The minimum Gasteiger partial charge on any atom is -0.493 e. The predicted octanol–water partition coefficient (Wildman–Crippen LogP) is 4.83. The van der Waals surface area contributed by atoms with E-state index in [0.717, 1.165) is 4.47 Å². The summed E-state index contributed by atoms with van der Waals surface area (Å²) >= 11 is 15.2. The van der Waals surface area contributed by atoms with Gasteiger partial charge in [0, 0.05) is 9.86 Å². The van der Waals surface area contributed by atoms with E-state index in [1.807, 2.05) is 6.07 Å². The molecule has 1 aromatic heterocycles. The third-order valence-corrected chi connectivity index (χ3v) is 5.46. The Hall–Kier alpha value is -1.11. The van der Waals surface area contributed by atoms with Crippen molar-refractivity contribution in [1.82, 2.24) is 4.98 Å². The number of nitrogens with zero attached hydrogens (tertiary/aromatic N) is 2. The largest absolute Gasteiger partial charge is 0.493 e. The number of aromatic hydroxyl groups is 1. The van der Waals surface area contributed by atoms with Crippen LogP contribution in [-0.4, -0.2) is 20.3 Å². The van der Waals surface area contributed by atoms with Crippen LogP contribution in [0.5, 0.6) is 5.88 Å². The van der Waals surface area contributed by atoms with Gasteiger partial charge >= 0.3 is 0 Å². The number of benzene rings is 1. The molecule has 110 valence electrons. The van der Waals surface area contributed by atoms with Crippen LogP contribution in [0.3, 0.4) is 0 Å². The minimum absolute atomic E-state index is 0.155. The van der Waals surface area contributed by atoms with Crippen LogP contribution in [0.2, 0.25) is 0 Å². The lowest BCUT2D eigenvalue weighted by Crippen LogP contribution is -2.15. The van der Waals surface area contributed by atoms with Crippen molar-refractivity contribution < 1.29 is 9.90 Å². The Bertz CT molecular complexity index is 787. The molecule has 1 heterocycles.